The fraction of sp³-hybridized carbons (Fsp3) is 0.917. The van der Waals surface area contributed by atoms with Gasteiger partial charge < -0.3 is 5.32 Å². The lowest BCUT2D eigenvalue weighted by Gasteiger charge is -2.15. The minimum Gasteiger partial charge on any atom is -0.316 e. The summed E-state index contributed by atoms with van der Waals surface area (Å²) in [5.74, 6) is 0.924. The molecule has 78 valence electrons. The summed E-state index contributed by atoms with van der Waals surface area (Å²) in [6.07, 6.45) is 8.96. The first-order chi connectivity index (χ1) is 6.85. The van der Waals surface area contributed by atoms with Crippen LogP contribution in [0.1, 0.15) is 44.9 Å². The van der Waals surface area contributed by atoms with Gasteiger partial charge in [-0.1, -0.05) is 12.8 Å². The standard InChI is InChI=1S/C12H20N2/c13-8-7-12(5-6-12)10-14-9-11-3-1-2-4-11/h11,14H,1-7,9-10H2. The molecule has 0 unspecified atom stereocenters. The van der Waals surface area contributed by atoms with Crippen LogP contribution in [0.4, 0.5) is 0 Å². The number of hydrogen-bond acceptors (Lipinski definition) is 2. The molecule has 2 aliphatic carbocycles. The maximum absolute atomic E-state index is 8.67. The summed E-state index contributed by atoms with van der Waals surface area (Å²) < 4.78 is 0. The van der Waals surface area contributed by atoms with E-state index in [1.807, 2.05) is 0 Å². The molecular weight excluding hydrogens is 172 g/mol. The average molecular weight is 192 g/mol. The van der Waals surface area contributed by atoms with E-state index >= 15 is 0 Å². The molecule has 2 nitrogen and oxygen atoms in total. The van der Waals surface area contributed by atoms with Crippen LogP contribution >= 0.6 is 0 Å². The second-order valence-corrected chi connectivity index (χ2v) is 5.12. The van der Waals surface area contributed by atoms with E-state index in [0.717, 1.165) is 18.9 Å². The lowest BCUT2D eigenvalue weighted by molar-refractivity contribution is 0.420. The van der Waals surface area contributed by atoms with Gasteiger partial charge in [0.15, 0.2) is 0 Å². The highest BCUT2D eigenvalue weighted by Crippen LogP contribution is 2.47. The highest BCUT2D eigenvalue weighted by atomic mass is 14.9. The third kappa shape index (κ3) is 2.48. The molecule has 2 fully saturated rings. The number of nitriles is 1. The molecule has 0 aliphatic heterocycles. The van der Waals surface area contributed by atoms with Crippen LogP contribution in [0.2, 0.25) is 0 Å². The Hall–Kier alpha value is -0.550. The van der Waals surface area contributed by atoms with Crippen molar-refractivity contribution in [3.05, 3.63) is 0 Å². The monoisotopic (exact) mass is 192 g/mol. The van der Waals surface area contributed by atoms with E-state index in [9.17, 15) is 0 Å². The molecular formula is C12H20N2. The average Bonchev–Trinajstić information content (AvgIpc) is 2.75. The van der Waals surface area contributed by atoms with E-state index in [2.05, 4.69) is 11.4 Å². The Morgan fingerprint density at radius 1 is 1.29 bits per heavy atom. The zero-order valence-electron chi connectivity index (χ0n) is 8.89. The first kappa shape index (κ1) is 9.98. The maximum atomic E-state index is 8.67. The first-order valence-electron chi connectivity index (χ1n) is 5.92. The van der Waals surface area contributed by atoms with Gasteiger partial charge in [0.1, 0.15) is 0 Å². The van der Waals surface area contributed by atoms with Gasteiger partial charge in [0.25, 0.3) is 0 Å². The van der Waals surface area contributed by atoms with E-state index in [1.165, 1.54) is 45.1 Å². The topological polar surface area (TPSA) is 35.8 Å². The SMILES string of the molecule is N#CCC1(CNCC2CCCC2)CC1. The third-order valence-electron chi connectivity index (χ3n) is 3.82. The summed E-state index contributed by atoms with van der Waals surface area (Å²) in [5, 5.41) is 12.2. The van der Waals surface area contributed by atoms with Crippen LogP contribution in [0, 0.1) is 22.7 Å². The molecule has 0 saturated heterocycles. The summed E-state index contributed by atoms with van der Waals surface area (Å²) in [5.41, 5.74) is 0.382. The normalized spacial score (nSPS) is 24.8. The van der Waals surface area contributed by atoms with E-state index in [4.69, 9.17) is 5.26 Å². The molecule has 0 bridgehead atoms. The molecule has 2 rings (SSSR count). The molecule has 1 N–H and O–H groups in total. The Kier molecular flexibility index (Phi) is 3.08. The predicted molar refractivity (Wildman–Crippen MR) is 56.7 cm³/mol. The van der Waals surface area contributed by atoms with Crippen LogP contribution in [0.15, 0.2) is 0 Å². The van der Waals surface area contributed by atoms with Crippen LogP contribution in [-0.4, -0.2) is 13.1 Å². The van der Waals surface area contributed by atoms with E-state index in [-0.39, 0.29) is 0 Å². The number of hydrogen-bond donors (Lipinski definition) is 1. The number of nitrogens with one attached hydrogen (secondary N) is 1. The van der Waals surface area contributed by atoms with Gasteiger partial charge in [0, 0.05) is 13.0 Å². The largest absolute Gasteiger partial charge is 0.316 e. The molecule has 0 radical (unpaired) electrons. The second kappa shape index (κ2) is 4.31. The molecule has 0 amide bonds. The summed E-state index contributed by atoms with van der Waals surface area (Å²) in [4.78, 5) is 0. The van der Waals surface area contributed by atoms with Crippen molar-refractivity contribution in [3.63, 3.8) is 0 Å². The van der Waals surface area contributed by atoms with Gasteiger partial charge in [0.2, 0.25) is 0 Å². The van der Waals surface area contributed by atoms with Gasteiger partial charge >= 0.3 is 0 Å². The quantitative estimate of drug-likeness (QED) is 0.726. The highest BCUT2D eigenvalue weighted by Gasteiger charge is 2.41. The molecule has 0 aromatic carbocycles. The Labute approximate surface area is 86.7 Å². The van der Waals surface area contributed by atoms with E-state index in [1.54, 1.807) is 0 Å². The van der Waals surface area contributed by atoms with Crippen molar-refractivity contribution in [1.82, 2.24) is 5.32 Å². The lowest BCUT2D eigenvalue weighted by Crippen LogP contribution is -2.28. The third-order valence-corrected chi connectivity index (χ3v) is 3.82. The van der Waals surface area contributed by atoms with Gasteiger partial charge in [-0.25, -0.2) is 0 Å². The fourth-order valence-corrected chi connectivity index (χ4v) is 2.52. The molecule has 0 heterocycles. The molecule has 2 heteroatoms. The zero-order chi connectivity index (χ0) is 9.86. The summed E-state index contributed by atoms with van der Waals surface area (Å²) in [6, 6.07) is 2.31. The van der Waals surface area contributed by atoms with Crippen LogP contribution in [0.5, 0.6) is 0 Å². The maximum Gasteiger partial charge on any atom is 0.0628 e. The first-order valence-corrected chi connectivity index (χ1v) is 5.92. The van der Waals surface area contributed by atoms with Crippen molar-refractivity contribution in [2.24, 2.45) is 11.3 Å². The Morgan fingerprint density at radius 3 is 2.57 bits per heavy atom. The number of nitrogens with zero attached hydrogens (tertiary/aromatic N) is 1. The highest BCUT2D eigenvalue weighted by molar-refractivity contribution is 5.00. The van der Waals surface area contributed by atoms with Crippen LogP contribution in [-0.2, 0) is 0 Å². The fourth-order valence-electron chi connectivity index (χ4n) is 2.52. The lowest BCUT2D eigenvalue weighted by atomic mass is 10.0. The van der Waals surface area contributed by atoms with Crippen LogP contribution in [0.25, 0.3) is 0 Å². The molecule has 0 atom stereocenters. The van der Waals surface area contributed by atoms with E-state index < -0.39 is 0 Å². The summed E-state index contributed by atoms with van der Waals surface area (Å²) in [6.45, 7) is 2.27. The van der Waals surface area contributed by atoms with Crippen molar-refractivity contribution >= 4 is 0 Å². The molecule has 2 aliphatic rings. The van der Waals surface area contributed by atoms with Crippen molar-refractivity contribution in [1.29, 1.82) is 5.26 Å². The molecule has 14 heavy (non-hydrogen) atoms. The second-order valence-electron chi connectivity index (χ2n) is 5.12. The van der Waals surface area contributed by atoms with Crippen molar-refractivity contribution in [3.8, 4) is 6.07 Å². The van der Waals surface area contributed by atoms with Gasteiger partial charge in [-0.15, -0.1) is 0 Å². The molecule has 0 aromatic rings. The van der Waals surface area contributed by atoms with Crippen molar-refractivity contribution in [2.45, 2.75) is 44.9 Å². The molecule has 0 aromatic heterocycles. The van der Waals surface area contributed by atoms with Crippen LogP contribution in [0.3, 0.4) is 0 Å². The Balaban J connectivity index is 1.60. The van der Waals surface area contributed by atoms with Crippen molar-refractivity contribution in [2.75, 3.05) is 13.1 Å². The minimum absolute atomic E-state index is 0.382. The Morgan fingerprint density at radius 2 is 2.00 bits per heavy atom. The van der Waals surface area contributed by atoms with Gasteiger partial charge in [0.05, 0.1) is 6.07 Å². The summed E-state index contributed by atoms with van der Waals surface area (Å²) in [7, 11) is 0. The smallest absolute Gasteiger partial charge is 0.0628 e. The Bertz CT molecular complexity index is 219. The van der Waals surface area contributed by atoms with Gasteiger partial charge in [-0.05, 0) is 43.6 Å². The summed E-state index contributed by atoms with van der Waals surface area (Å²) >= 11 is 0. The van der Waals surface area contributed by atoms with Gasteiger partial charge in [-0.2, -0.15) is 5.26 Å². The van der Waals surface area contributed by atoms with Crippen molar-refractivity contribution < 1.29 is 0 Å². The molecule has 2 saturated carbocycles. The van der Waals surface area contributed by atoms with Crippen LogP contribution < -0.4 is 5.32 Å². The predicted octanol–water partition coefficient (Wildman–Crippen LogP) is 2.46. The zero-order valence-corrected chi connectivity index (χ0v) is 8.89. The minimum atomic E-state index is 0.382. The molecule has 0 spiro atoms. The van der Waals surface area contributed by atoms with Gasteiger partial charge in [-0.3, -0.25) is 0 Å². The number of rotatable bonds is 5. The van der Waals surface area contributed by atoms with E-state index in [0.29, 0.717) is 5.41 Å².